The Morgan fingerprint density at radius 3 is 2.72 bits per heavy atom. The minimum atomic E-state index is -0.706. The molecular formula is C21H22F2N4O2. The maximum absolute atomic E-state index is 13.6. The van der Waals surface area contributed by atoms with E-state index in [2.05, 4.69) is 15.3 Å². The fourth-order valence-corrected chi connectivity index (χ4v) is 4.51. The minimum absolute atomic E-state index is 0.126. The molecule has 8 heteroatoms. The summed E-state index contributed by atoms with van der Waals surface area (Å²) >= 11 is 0. The van der Waals surface area contributed by atoms with E-state index < -0.39 is 17.0 Å². The van der Waals surface area contributed by atoms with Gasteiger partial charge >= 0.3 is 0 Å². The number of aromatic nitrogens is 2. The molecule has 1 spiro atoms. The number of aryl methyl sites for hydroxylation is 1. The third-order valence-corrected chi connectivity index (χ3v) is 5.86. The van der Waals surface area contributed by atoms with Crippen molar-refractivity contribution in [1.82, 2.24) is 15.3 Å². The Morgan fingerprint density at radius 1 is 1.24 bits per heavy atom. The van der Waals surface area contributed by atoms with Gasteiger partial charge in [-0.1, -0.05) is 6.42 Å². The van der Waals surface area contributed by atoms with Gasteiger partial charge in [0.15, 0.2) is 0 Å². The highest BCUT2D eigenvalue weighted by atomic mass is 19.1. The molecule has 2 aliphatic rings. The van der Waals surface area contributed by atoms with Crippen LogP contribution < -0.4 is 10.2 Å². The summed E-state index contributed by atoms with van der Waals surface area (Å²) in [5.74, 6) is -1.31. The van der Waals surface area contributed by atoms with Gasteiger partial charge in [0.05, 0.1) is 5.41 Å². The molecule has 1 aliphatic heterocycles. The monoisotopic (exact) mass is 400 g/mol. The van der Waals surface area contributed by atoms with Crippen molar-refractivity contribution in [3.05, 3.63) is 53.6 Å². The SMILES string of the molecule is Cc1nccc(C(=O)NC2CCCC3(CCN(c4cc(F)cc(F)c4)C3=O)C2)n1. The van der Waals surface area contributed by atoms with E-state index in [0.29, 0.717) is 37.3 Å². The van der Waals surface area contributed by atoms with Crippen LogP contribution in [0.25, 0.3) is 0 Å². The van der Waals surface area contributed by atoms with Crippen molar-refractivity contribution in [1.29, 1.82) is 0 Å². The van der Waals surface area contributed by atoms with Gasteiger partial charge in [0.25, 0.3) is 5.91 Å². The summed E-state index contributed by atoms with van der Waals surface area (Å²) in [7, 11) is 0. The Kier molecular flexibility index (Phi) is 5.02. The molecule has 152 valence electrons. The smallest absolute Gasteiger partial charge is 0.270 e. The number of rotatable bonds is 3. The van der Waals surface area contributed by atoms with Crippen LogP contribution in [-0.4, -0.2) is 34.4 Å². The van der Waals surface area contributed by atoms with Crippen LogP contribution in [0, 0.1) is 24.0 Å². The van der Waals surface area contributed by atoms with Crippen LogP contribution in [0.15, 0.2) is 30.5 Å². The molecule has 0 radical (unpaired) electrons. The molecule has 1 saturated carbocycles. The van der Waals surface area contributed by atoms with Gasteiger partial charge in [-0.25, -0.2) is 18.7 Å². The lowest BCUT2D eigenvalue weighted by Crippen LogP contribution is -2.46. The largest absolute Gasteiger partial charge is 0.348 e. The van der Waals surface area contributed by atoms with Gasteiger partial charge in [0.2, 0.25) is 5.91 Å². The second-order valence-electron chi connectivity index (χ2n) is 7.87. The molecule has 2 amide bonds. The van der Waals surface area contributed by atoms with Crippen molar-refractivity contribution in [2.75, 3.05) is 11.4 Å². The van der Waals surface area contributed by atoms with E-state index in [9.17, 15) is 18.4 Å². The maximum atomic E-state index is 13.6. The molecule has 1 aromatic heterocycles. The molecule has 29 heavy (non-hydrogen) atoms. The summed E-state index contributed by atoms with van der Waals surface area (Å²) < 4.78 is 27.2. The molecule has 2 atom stereocenters. The average Bonchev–Trinajstić information content (AvgIpc) is 2.97. The first-order valence-corrected chi connectivity index (χ1v) is 9.75. The third-order valence-electron chi connectivity index (χ3n) is 5.86. The molecule has 2 heterocycles. The lowest BCUT2D eigenvalue weighted by Gasteiger charge is -2.36. The Balaban J connectivity index is 1.49. The third kappa shape index (κ3) is 3.83. The van der Waals surface area contributed by atoms with Crippen molar-refractivity contribution in [2.24, 2.45) is 5.41 Å². The van der Waals surface area contributed by atoms with E-state index >= 15 is 0 Å². The fourth-order valence-electron chi connectivity index (χ4n) is 4.51. The summed E-state index contributed by atoms with van der Waals surface area (Å²) in [6.45, 7) is 2.13. The number of anilines is 1. The number of benzene rings is 1. The van der Waals surface area contributed by atoms with Crippen molar-refractivity contribution in [2.45, 2.75) is 45.1 Å². The Labute approximate surface area is 167 Å². The maximum Gasteiger partial charge on any atom is 0.270 e. The first-order valence-electron chi connectivity index (χ1n) is 9.75. The summed E-state index contributed by atoms with van der Waals surface area (Å²) in [5.41, 5.74) is -0.0700. The molecule has 1 N–H and O–H groups in total. The first-order chi connectivity index (χ1) is 13.9. The topological polar surface area (TPSA) is 75.2 Å². The standard InChI is InChI=1S/C21H22F2N4O2/c1-13-24-7-4-18(25-13)19(28)26-16-3-2-5-21(12-16)6-8-27(20(21)29)17-10-14(22)9-15(23)11-17/h4,7,9-11,16H,2-3,5-6,8,12H2,1H3,(H,26,28). The summed E-state index contributed by atoms with van der Waals surface area (Å²) in [6.07, 6.45) is 4.93. The van der Waals surface area contributed by atoms with Crippen LogP contribution in [0.4, 0.5) is 14.5 Å². The Morgan fingerprint density at radius 2 is 2.00 bits per heavy atom. The molecular weight excluding hydrogens is 378 g/mol. The number of halogens is 2. The van der Waals surface area contributed by atoms with Gasteiger partial charge in [-0.15, -0.1) is 0 Å². The van der Waals surface area contributed by atoms with E-state index in [-0.39, 0.29) is 23.5 Å². The quantitative estimate of drug-likeness (QED) is 0.859. The van der Waals surface area contributed by atoms with Crippen LogP contribution in [0.2, 0.25) is 0 Å². The molecule has 6 nitrogen and oxygen atoms in total. The number of amides is 2. The van der Waals surface area contributed by atoms with E-state index in [1.54, 1.807) is 13.0 Å². The van der Waals surface area contributed by atoms with Crippen LogP contribution in [0.5, 0.6) is 0 Å². The van der Waals surface area contributed by atoms with Crippen molar-refractivity contribution < 1.29 is 18.4 Å². The summed E-state index contributed by atoms with van der Waals surface area (Å²) in [4.78, 5) is 35.3. The normalized spacial score (nSPS) is 24.2. The van der Waals surface area contributed by atoms with Gasteiger partial charge < -0.3 is 10.2 Å². The van der Waals surface area contributed by atoms with E-state index in [0.717, 1.165) is 18.9 Å². The zero-order valence-corrected chi connectivity index (χ0v) is 16.1. The fraction of sp³-hybridized carbons (Fsp3) is 0.429. The second kappa shape index (κ2) is 7.50. The van der Waals surface area contributed by atoms with Crippen LogP contribution in [0.1, 0.15) is 48.4 Å². The number of hydrogen-bond donors (Lipinski definition) is 1. The molecule has 1 aliphatic carbocycles. The van der Waals surface area contributed by atoms with Crippen molar-refractivity contribution >= 4 is 17.5 Å². The minimum Gasteiger partial charge on any atom is -0.348 e. The highest BCUT2D eigenvalue weighted by Gasteiger charge is 2.49. The van der Waals surface area contributed by atoms with Gasteiger partial charge in [0.1, 0.15) is 23.2 Å². The highest BCUT2D eigenvalue weighted by molar-refractivity contribution is 6.00. The number of hydrogen-bond acceptors (Lipinski definition) is 4. The van der Waals surface area contributed by atoms with Gasteiger partial charge in [-0.3, -0.25) is 9.59 Å². The van der Waals surface area contributed by atoms with Crippen LogP contribution in [-0.2, 0) is 4.79 Å². The Hall–Kier alpha value is -2.90. The van der Waals surface area contributed by atoms with Crippen LogP contribution >= 0.6 is 0 Å². The van der Waals surface area contributed by atoms with E-state index in [1.807, 2.05) is 0 Å². The second-order valence-corrected chi connectivity index (χ2v) is 7.87. The van der Waals surface area contributed by atoms with Crippen molar-refractivity contribution in [3.63, 3.8) is 0 Å². The zero-order valence-electron chi connectivity index (χ0n) is 16.1. The Bertz CT molecular complexity index is 947. The van der Waals surface area contributed by atoms with Gasteiger partial charge in [-0.2, -0.15) is 0 Å². The van der Waals surface area contributed by atoms with E-state index in [4.69, 9.17) is 0 Å². The van der Waals surface area contributed by atoms with Crippen molar-refractivity contribution in [3.8, 4) is 0 Å². The molecule has 1 aromatic carbocycles. The predicted molar refractivity (Wildman–Crippen MR) is 102 cm³/mol. The predicted octanol–water partition coefficient (Wildman–Crippen LogP) is 3.16. The number of carbonyl (C=O) groups is 2. The van der Waals surface area contributed by atoms with E-state index in [1.165, 1.54) is 23.2 Å². The molecule has 2 aromatic rings. The zero-order chi connectivity index (χ0) is 20.6. The summed E-state index contributed by atoms with van der Waals surface area (Å²) in [5, 5.41) is 2.99. The molecule has 4 rings (SSSR count). The van der Waals surface area contributed by atoms with Crippen LogP contribution in [0.3, 0.4) is 0 Å². The number of carbonyl (C=O) groups excluding carboxylic acids is 2. The molecule has 2 fully saturated rings. The summed E-state index contributed by atoms with van der Waals surface area (Å²) in [6, 6.07) is 4.56. The lowest BCUT2D eigenvalue weighted by atomic mass is 9.71. The average molecular weight is 400 g/mol. The van der Waals surface area contributed by atoms with Gasteiger partial charge in [0, 0.05) is 30.5 Å². The molecule has 0 bridgehead atoms. The number of nitrogens with one attached hydrogen (secondary N) is 1. The lowest BCUT2D eigenvalue weighted by molar-refractivity contribution is -0.127. The highest BCUT2D eigenvalue weighted by Crippen LogP contribution is 2.46. The number of nitrogens with zero attached hydrogens (tertiary/aromatic N) is 3. The first kappa shape index (κ1) is 19.4. The molecule has 1 saturated heterocycles. The molecule has 2 unspecified atom stereocenters. The van der Waals surface area contributed by atoms with Gasteiger partial charge in [-0.05, 0) is 50.8 Å².